The normalized spacial score (nSPS) is 11.1. The SMILES string of the molecule is CCCSc1ccc2c(=O)c3cc(C(=O)O)ccc3oc2c1. The van der Waals surface area contributed by atoms with Crippen LogP contribution in [0.5, 0.6) is 0 Å². The van der Waals surface area contributed by atoms with Crippen LogP contribution in [-0.4, -0.2) is 16.8 Å². The standard InChI is InChI=1S/C17H14O4S/c1-2-7-22-11-4-5-12-15(9-11)21-14-6-3-10(17(19)20)8-13(14)16(12)18/h3-6,8-9H,2,7H2,1H3,(H,19,20). The predicted octanol–water partition coefficient (Wildman–Crippen LogP) is 4.15. The summed E-state index contributed by atoms with van der Waals surface area (Å²) in [6, 6.07) is 9.84. The summed E-state index contributed by atoms with van der Waals surface area (Å²) >= 11 is 1.71. The first kappa shape index (κ1) is 14.7. The maximum atomic E-state index is 12.5. The van der Waals surface area contributed by atoms with E-state index < -0.39 is 5.97 Å². The van der Waals surface area contributed by atoms with Crippen molar-refractivity contribution in [3.63, 3.8) is 0 Å². The van der Waals surface area contributed by atoms with Crippen LogP contribution in [0.25, 0.3) is 21.9 Å². The molecule has 0 amide bonds. The van der Waals surface area contributed by atoms with Crippen molar-refractivity contribution >= 4 is 39.7 Å². The van der Waals surface area contributed by atoms with Gasteiger partial charge < -0.3 is 9.52 Å². The quantitative estimate of drug-likeness (QED) is 0.579. The van der Waals surface area contributed by atoms with Crippen molar-refractivity contribution < 1.29 is 14.3 Å². The van der Waals surface area contributed by atoms with Gasteiger partial charge in [0.15, 0.2) is 0 Å². The molecule has 3 aromatic rings. The zero-order valence-corrected chi connectivity index (χ0v) is 12.8. The highest BCUT2D eigenvalue weighted by atomic mass is 32.2. The number of thioether (sulfide) groups is 1. The highest BCUT2D eigenvalue weighted by Crippen LogP contribution is 2.25. The van der Waals surface area contributed by atoms with E-state index in [1.54, 1.807) is 17.8 Å². The van der Waals surface area contributed by atoms with Crippen molar-refractivity contribution in [2.24, 2.45) is 0 Å². The van der Waals surface area contributed by atoms with Crippen molar-refractivity contribution in [2.45, 2.75) is 18.2 Å². The lowest BCUT2D eigenvalue weighted by Crippen LogP contribution is -2.04. The fourth-order valence-electron chi connectivity index (χ4n) is 2.28. The lowest BCUT2D eigenvalue weighted by atomic mass is 10.1. The molecule has 22 heavy (non-hydrogen) atoms. The highest BCUT2D eigenvalue weighted by Gasteiger charge is 2.11. The zero-order valence-electron chi connectivity index (χ0n) is 12.0. The Hall–Kier alpha value is -2.27. The Kier molecular flexibility index (Phi) is 3.90. The van der Waals surface area contributed by atoms with Crippen molar-refractivity contribution in [1.82, 2.24) is 0 Å². The van der Waals surface area contributed by atoms with Gasteiger partial charge in [0.1, 0.15) is 11.2 Å². The van der Waals surface area contributed by atoms with Gasteiger partial charge in [-0.05, 0) is 48.6 Å². The second-order valence-electron chi connectivity index (χ2n) is 4.95. The number of rotatable bonds is 4. The molecule has 2 aromatic carbocycles. The molecule has 0 fully saturated rings. The summed E-state index contributed by atoms with van der Waals surface area (Å²) in [5.74, 6) is -0.0571. The molecule has 0 saturated carbocycles. The van der Waals surface area contributed by atoms with Crippen molar-refractivity contribution in [3.05, 3.63) is 52.2 Å². The van der Waals surface area contributed by atoms with E-state index in [4.69, 9.17) is 9.52 Å². The van der Waals surface area contributed by atoms with E-state index in [0.717, 1.165) is 17.1 Å². The van der Waals surface area contributed by atoms with Crippen molar-refractivity contribution in [2.75, 3.05) is 5.75 Å². The largest absolute Gasteiger partial charge is 0.478 e. The van der Waals surface area contributed by atoms with Gasteiger partial charge in [-0.1, -0.05) is 6.92 Å². The maximum absolute atomic E-state index is 12.5. The van der Waals surface area contributed by atoms with Gasteiger partial charge in [0, 0.05) is 4.90 Å². The molecule has 1 aromatic heterocycles. The minimum Gasteiger partial charge on any atom is -0.478 e. The number of carboxylic acid groups (broad SMARTS) is 1. The monoisotopic (exact) mass is 314 g/mol. The molecule has 0 saturated heterocycles. The summed E-state index contributed by atoms with van der Waals surface area (Å²) in [6.07, 6.45) is 1.07. The van der Waals surface area contributed by atoms with E-state index in [2.05, 4.69) is 6.92 Å². The molecule has 0 bridgehead atoms. The lowest BCUT2D eigenvalue weighted by Gasteiger charge is -2.05. The number of benzene rings is 2. The van der Waals surface area contributed by atoms with E-state index in [1.807, 2.05) is 12.1 Å². The number of aromatic carboxylic acids is 1. The van der Waals surface area contributed by atoms with E-state index in [1.165, 1.54) is 18.2 Å². The van der Waals surface area contributed by atoms with Gasteiger partial charge in [-0.25, -0.2) is 4.79 Å². The lowest BCUT2D eigenvalue weighted by molar-refractivity contribution is 0.0697. The van der Waals surface area contributed by atoms with Crippen LogP contribution in [0.2, 0.25) is 0 Å². The minimum atomic E-state index is -1.06. The highest BCUT2D eigenvalue weighted by molar-refractivity contribution is 7.99. The zero-order chi connectivity index (χ0) is 15.7. The third-order valence-corrected chi connectivity index (χ3v) is 4.56. The Labute approximate surface area is 130 Å². The first-order chi connectivity index (χ1) is 10.6. The van der Waals surface area contributed by atoms with Gasteiger partial charge in [-0.15, -0.1) is 11.8 Å². The predicted molar refractivity (Wildman–Crippen MR) is 88.0 cm³/mol. The van der Waals surface area contributed by atoms with E-state index in [0.29, 0.717) is 21.9 Å². The van der Waals surface area contributed by atoms with Crippen LogP contribution in [0, 0.1) is 0 Å². The summed E-state index contributed by atoms with van der Waals surface area (Å²) in [4.78, 5) is 24.6. The Morgan fingerprint density at radius 2 is 1.95 bits per heavy atom. The first-order valence-electron chi connectivity index (χ1n) is 6.97. The molecule has 0 radical (unpaired) electrons. The average molecular weight is 314 g/mol. The molecule has 0 spiro atoms. The Balaban J connectivity index is 2.22. The van der Waals surface area contributed by atoms with E-state index in [-0.39, 0.29) is 11.0 Å². The number of carbonyl (C=O) groups is 1. The fraction of sp³-hybridized carbons (Fsp3) is 0.176. The number of carboxylic acids is 1. The van der Waals surface area contributed by atoms with E-state index >= 15 is 0 Å². The molecule has 0 atom stereocenters. The second kappa shape index (κ2) is 5.85. The molecule has 112 valence electrons. The van der Waals surface area contributed by atoms with Crippen LogP contribution in [0.4, 0.5) is 0 Å². The van der Waals surface area contributed by atoms with Gasteiger partial charge >= 0.3 is 5.97 Å². The molecule has 1 N–H and O–H groups in total. The smallest absolute Gasteiger partial charge is 0.335 e. The van der Waals surface area contributed by atoms with Crippen molar-refractivity contribution in [1.29, 1.82) is 0 Å². The van der Waals surface area contributed by atoms with Gasteiger partial charge in [0.25, 0.3) is 0 Å². The summed E-state index contributed by atoms with van der Waals surface area (Å²) in [5, 5.41) is 9.79. The minimum absolute atomic E-state index is 0.0780. The summed E-state index contributed by atoms with van der Waals surface area (Å²) in [7, 11) is 0. The maximum Gasteiger partial charge on any atom is 0.335 e. The van der Waals surface area contributed by atoms with Crippen LogP contribution >= 0.6 is 11.8 Å². The molecular weight excluding hydrogens is 300 g/mol. The second-order valence-corrected chi connectivity index (χ2v) is 6.12. The van der Waals surface area contributed by atoms with Crippen LogP contribution in [0.15, 0.2) is 50.5 Å². The third-order valence-electron chi connectivity index (χ3n) is 3.36. The molecule has 1 heterocycles. The molecule has 0 unspecified atom stereocenters. The Morgan fingerprint density at radius 3 is 2.68 bits per heavy atom. The first-order valence-corrected chi connectivity index (χ1v) is 7.95. The fourth-order valence-corrected chi connectivity index (χ4v) is 3.07. The summed E-state index contributed by atoms with van der Waals surface area (Å²) in [6.45, 7) is 2.11. The van der Waals surface area contributed by atoms with Crippen molar-refractivity contribution in [3.8, 4) is 0 Å². The third kappa shape index (κ3) is 2.60. The van der Waals surface area contributed by atoms with E-state index in [9.17, 15) is 9.59 Å². The summed E-state index contributed by atoms with van der Waals surface area (Å²) < 4.78 is 5.78. The average Bonchev–Trinajstić information content (AvgIpc) is 2.52. The van der Waals surface area contributed by atoms with Crippen LogP contribution in [0.3, 0.4) is 0 Å². The Bertz CT molecular complexity index is 927. The van der Waals surface area contributed by atoms with Crippen LogP contribution in [0.1, 0.15) is 23.7 Å². The molecule has 4 nitrogen and oxygen atoms in total. The van der Waals surface area contributed by atoms with Gasteiger partial charge in [-0.2, -0.15) is 0 Å². The molecule has 5 heteroatoms. The number of fused-ring (bicyclic) bond motifs is 2. The molecule has 3 rings (SSSR count). The molecule has 0 aliphatic heterocycles. The van der Waals surface area contributed by atoms with Gasteiger partial charge in [0.05, 0.1) is 16.3 Å². The van der Waals surface area contributed by atoms with Gasteiger partial charge in [0.2, 0.25) is 5.43 Å². The molecule has 0 aliphatic rings. The number of hydrogen-bond acceptors (Lipinski definition) is 4. The summed E-state index contributed by atoms with van der Waals surface area (Å²) in [5.41, 5.74) is 0.808. The van der Waals surface area contributed by atoms with Crippen LogP contribution < -0.4 is 5.43 Å². The topological polar surface area (TPSA) is 67.5 Å². The molecule has 0 aliphatic carbocycles. The molecular formula is C17H14O4S. The van der Waals surface area contributed by atoms with Gasteiger partial charge in [-0.3, -0.25) is 4.79 Å². The Morgan fingerprint density at radius 1 is 1.14 bits per heavy atom. The van der Waals surface area contributed by atoms with Crippen LogP contribution in [-0.2, 0) is 0 Å². The number of hydrogen-bond donors (Lipinski definition) is 1.